The molecule has 1 saturated heterocycles. The van der Waals surface area contributed by atoms with E-state index in [1.54, 1.807) is 0 Å². The number of rotatable bonds is 7. The van der Waals surface area contributed by atoms with Crippen LogP contribution in [0.2, 0.25) is 0 Å². The second-order valence-corrected chi connectivity index (χ2v) is 8.28. The van der Waals surface area contributed by atoms with Crippen molar-refractivity contribution in [2.45, 2.75) is 69.4 Å². The van der Waals surface area contributed by atoms with Gasteiger partial charge in [0.05, 0.1) is 6.54 Å². The first-order valence-corrected chi connectivity index (χ1v) is 10.4. The summed E-state index contributed by atoms with van der Waals surface area (Å²) in [7, 11) is 0. The molecule has 1 aromatic heterocycles. The largest absolute Gasteiger partial charge is 0.480 e. The van der Waals surface area contributed by atoms with E-state index in [4.69, 9.17) is 9.63 Å². The first kappa shape index (κ1) is 19.2. The number of carboxylic acids is 1. The Morgan fingerprint density at radius 2 is 2.07 bits per heavy atom. The molecule has 9 heteroatoms. The molecule has 0 bridgehead atoms. The zero-order chi connectivity index (χ0) is 19.7. The number of carbonyl (C=O) groups excluding carboxylic acids is 1. The van der Waals surface area contributed by atoms with Crippen LogP contribution in [0.1, 0.15) is 69.0 Å². The van der Waals surface area contributed by atoms with Crippen molar-refractivity contribution >= 4 is 12.0 Å². The molecule has 4 rings (SSSR count). The maximum absolute atomic E-state index is 12.7. The van der Waals surface area contributed by atoms with Gasteiger partial charge in [-0.3, -0.25) is 9.69 Å². The fourth-order valence-corrected chi connectivity index (χ4v) is 4.22. The van der Waals surface area contributed by atoms with Crippen LogP contribution in [0.25, 0.3) is 0 Å². The number of carboxylic acid groups (broad SMARTS) is 1. The van der Waals surface area contributed by atoms with Gasteiger partial charge in [0.25, 0.3) is 0 Å². The molecule has 3 aliphatic rings. The zero-order valence-electron chi connectivity index (χ0n) is 16.3. The van der Waals surface area contributed by atoms with Crippen LogP contribution < -0.4 is 5.32 Å². The predicted molar refractivity (Wildman–Crippen MR) is 100 cm³/mol. The van der Waals surface area contributed by atoms with E-state index >= 15 is 0 Å². The number of aromatic nitrogens is 2. The lowest BCUT2D eigenvalue weighted by molar-refractivity contribution is -0.139. The van der Waals surface area contributed by atoms with Crippen LogP contribution in [0.3, 0.4) is 0 Å². The van der Waals surface area contributed by atoms with E-state index in [2.05, 4.69) is 15.5 Å². The predicted octanol–water partition coefficient (Wildman–Crippen LogP) is 1.77. The lowest BCUT2D eigenvalue weighted by atomic mass is 9.85. The molecule has 9 nitrogen and oxygen atoms in total. The average Bonchev–Trinajstić information content (AvgIpc) is 3.39. The van der Waals surface area contributed by atoms with Crippen LogP contribution in [0.15, 0.2) is 4.52 Å². The summed E-state index contributed by atoms with van der Waals surface area (Å²) in [6.07, 6.45) is 5.77. The number of nitrogens with zero attached hydrogens (tertiary/aromatic N) is 4. The number of likely N-dealkylation sites (tertiary alicyclic amines) is 1. The molecule has 154 valence electrons. The fourth-order valence-electron chi connectivity index (χ4n) is 4.22. The minimum Gasteiger partial charge on any atom is -0.480 e. The molecule has 3 fully saturated rings. The lowest BCUT2D eigenvalue weighted by Crippen LogP contribution is -2.57. The van der Waals surface area contributed by atoms with Crippen LogP contribution in [0.4, 0.5) is 4.79 Å². The number of likely N-dealkylation sites (N-methyl/N-ethyl adjacent to an activating group) is 1. The van der Waals surface area contributed by atoms with E-state index in [0.717, 1.165) is 56.8 Å². The van der Waals surface area contributed by atoms with E-state index in [0.29, 0.717) is 19.0 Å². The molecule has 28 heavy (non-hydrogen) atoms. The van der Waals surface area contributed by atoms with Gasteiger partial charge in [-0.15, -0.1) is 0 Å². The number of nitrogens with one attached hydrogen (secondary N) is 1. The van der Waals surface area contributed by atoms with Gasteiger partial charge in [0, 0.05) is 37.0 Å². The van der Waals surface area contributed by atoms with Gasteiger partial charge >= 0.3 is 12.0 Å². The van der Waals surface area contributed by atoms with Crippen molar-refractivity contribution in [2.75, 3.05) is 26.2 Å². The van der Waals surface area contributed by atoms with Gasteiger partial charge in [-0.05, 0) is 45.1 Å². The van der Waals surface area contributed by atoms with Crippen LogP contribution in [-0.2, 0) is 4.79 Å². The molecule has 2 heterocycles. The number of aliphatic carboxylic acids is 1. The van der Waals surface area contributed by atoms with Gasteiger partial charge in [-0.25, -0.2) is 4.79 Å². The van der Waals surface area contributed by atoms with Crippen LogP contribution >= 0.6 is 0 Å². The molecular formula is C19H29N5O4. The SMILES string of the molecule is CCN(CC(=O)O)C1CC(NC(=O)N2CCCC(c3noc(C4CC4)n3)C2)C1. The molecule has 1 aromatic rings. The number of piperidine rings is 1. The summed E-state index contributed by atoms with van der Waals surface area (Å²) >= 11 is 0. The Balaban J connectivity index is 1.25. The van der Waals surface area contributed by atoms with Crippen LogP contribution in [0, 0.1) is 0 Å². The van der Waals surface area contributed by atoms with Gasteiger partial charge in [-0.2, -0.15) is 4.98 Å². The monoisotopic (exact) mass is 391 g/mol. The van der Waals surface area contributed by atoms with Gasteiger partial charge in [0.2, 0.25) is 5.89 Å². The third-order valence-electron chi connectivity index (χ3n) is 6.16. The highest BCUT2D eigenvalue weighted by Crippen LogP contribution is 2.39. The summed E-state index contributed by atoms with van der Waals surface area (Å²) in [5.41, 5.74) is 0. The van der Waals surface area contributed by atoms with Gasteiger partial charge in [-0.1, -0.05) is 12.1 Å². The first-order chi connectivity index (χ1) is 13.5. The number of urea groups is 1. The zero-order valence-corrected chi connectivity index (χ0v) is 16.3. The maximum Gasteiger partial charge on any atom is 0.317 e. The van der Waals surface area contributed by atoms with E-state index in [-0.39, 0.29) is 30.6 Å². The van der Waals surface area contributed by atoms with Crippen molar-refractivity contribution in [2.24, 2.45) is 0 Å². The van der Waals surface area contributed by atoms with Gasteiger partial charge in [0.15, 0.2) is 5.82 Å². The van der Waals surface area contributed by atoms with Crippen molar-refractivity contribution < 1.29 is 19.2 Å². The molecule has 0 radical (unpaired) electrons. The van der Waals surface area contributed by atoms with E-state index in [1.807, 2.05) is 16.7 Å². The third kappa shape index (κ3) is 4.29. The minimum atomic E-state index is -0.806. The highest BCUT2D eigenvalue weighted by molar-refractivity contribution is 5.75. The Morgan fingerprint density at radius 3 is 2.75 bits per heavy atom. The van der Waals surface area contributed by atoms with Gasteiger partial charge < -0.3 is 19.8 Å². The molecule has 2 amide bonds. The van der Waals surface area contributed by atoms with Crippen molar-refractivity contribution in [1.29, 1.82) is 0 Å². The Morgan fingerprint density at radius 1 is 1.29 bits per heavy atom. The van der Waals surface area contributed by atoms with Crippen molar-refractivity contribution in [3.05, 3.63) is 11.7 Å². The van der Waals surface area contributed by atoms with E-state index in [1.165, 1.54) is 0 Å². The van der Waals surface area contributed by atoms with E-state index in [9.17, 15) is 9.59 Å². The van der Waals surface area contributed by atoms with Crippen LogP contribution in [-0.4, -0.2) is 75.3 Å². The quantitative estimate of drug-likeness (QED) is 0.728. The molecule has 2 aliphatic carbocycles. The van der Waals surface area contributed by atoms with Crippen molar-refractivity contribution in [1.82, 2.24) is 25.3 Å². The normalized spacial score (nSPS) is 27.5. The summed E-state index contributed by atoms with van der Waals surface area (Å²) in [6.45, 7) is 4.09. The number of amides is 2. The Labute approximate surface area is 164 Å². The fraction of sp³-hybridized carbons (Fsp3) is 0.789. The lowest BCUT2D eigenvalue weighted by Gasteiger charge is -2.43. The summed E-state index contributed by atoms with van der Waals surface area (Å²) < 4.78 is 5.37. The molecular weight excluding hydrogens is 362 g/mol. The van der Waals surface area contributed by atoms with Gasteiger partial charge in [0.1, 0.15) is 0 Å². The number of hydrogen-bond acceptors (Lipinski definition) is 6. The Bertz CT molecular complexity index is 713. The highest BCUT2D eigenvalue weighted by Gasteiger charge is 2.37. The highest BCUT2D eigenvalue weighted by atomic mass is 16.5. The standard InChI is InChI=1S/C19H29N5O4/c1-2-23(11-16(25)26)15-8-14(9-15)20-19(27)24-7-3-4-13(10-24)17-21-18(28-22-17)12-5-6-12/h12-15H,2-11H2,1H3,(H,20,27)(H,25,26). The third-order valence-corrected chi connectivity index (χ3v) is 6.16. The molecule has 0 aromatic carbocycles. The second-order valence-electron chi connectivity index (χ2n) is 8.28. The van der Waals surface area contributed by atoms with E-state index < -0.39 is 5.97 Å². The number of hydrogen-bond donors (Lipinski definition) is 2. The molecule has 1 aliphatic heterocycles. The summed E-state index contributed by atoms with van der Waals surface area (Å²) in [5.74, 6) is 1.25. The topological polar surface area (TPSA) is 112 Å². The van der Waals surface area contributed by atoms with Crippen LogP contribution in [0.5, 0.6) is 0 Å². The second kappa shape index (κ2) is 8.06. The number of carbonyl (C=O) groups is 2. The average molecular weight is 391 g/mol. The van der Waals surface area contributed by atoms with Crippen molar-refractivity contribution in [3.8, 4) is 0 Å². The summed E-state index contributed by atoms with van der Waals surface area (Å²) in [6, 6.07) is 0.313. The maximum atomic E-state index is 12.7. The molecule has 0 spiro atoms. The molecule has 2 N–H and O–H groups in total. The summed E-state index contributed by atoms with van der Waals surface area (Å²) in [5, 5.41) is 16.2. The van der Waals surface area contributed by atoms with Crippen molar-refractivity contribution in [3.63, 3.8) is 0 Å². The Kier molecular flexibility index (Phi) is 5.52. The summed E-state index contributed by atoms with van der Waals surface area (Å²) in [4.78, 5) is 32.0. The molecule has 1 unspecified atom stereocenters. The minimum absolute atomic E-state index is 0.0413. The first-order valence-electron chi connectivity index (χ1n) is 10.4. The molecule has 2 saturated carbocycles. The smallest absolute Gasteiger partial charge is 0.317 e. The molecule has 1 atom stereocenters. The Hall–Kier alpha value is -2.16.